The van der Waals surface area contributed by atoms with E-state index in [0.717, 1.165) is 19.6 Å². The smallest absolute Gasteiger partial charge is 0.0635 e. The molecule has 0 unspecified atom stereocenters. The van der Waals surface area contributed by atoms with Crippen LogP contribution in [0.3, 0.4) is 0 Å². The molecule has 0 aliphatic rings. The Labute approximate surface area is 124 Å². The number of rotatable bonds is 5. The van der Waals surface area contributed by atoms with Gasteiger partial charge in [-0.2, -0.15) is 5.26 Å². The van der Waals surface area contributed by atoms with Gasteiger partial charge in [0, 0.05) is 26.1 Å². The van der Waals surface area contributed by atoms with Crippen molar-refractivity contribution in [3.05, 3.63) is 34.4 Å². The van der Waals surface area contributed by atoms with E-state index in [-0.39, 0.29) is 5.41 Å². The predicted molar refractivity (Wildman–Crippen MR) is 85.6 cm³/mol. The van der Waals surface area contributed by atoms with Gasteiger partial charge in [0.2, 0.25) is 0 Å². The highest BCUT2D eigenvalue weighted by Gasteiger charge is 2.18. The van der Waals surface area contributed by atoms with Gasteiger partial charge >= 0.3 is 0 Å². The van der Waals surface area contributed by atoms with E-state index >= 15 is 0 Å². The first-order chi connectivity index (χ1) is 9.23. The van der Waals surface area contributed by atoms with Gasteiger partial charge in [-0.05, 0) is 42.9 Å². The van der Waals surface area contributed by atoms with Gasteiger partial charge in [0.25, 0.3) is 0 Å². The Morgan fingerprint density at radius 1 is 1.10 bits per heavy atom. The fraction of sp³-hybridized carbons (Fsp3) is 0.611. The summed E-state index contributed by atoms with van der Waals surface area (Å²) in [7, 11) is 0. The van der Waals surface area contributed by atoms with Crippen molar-refractivity contribution in [2.24, 2.45) is 5.41 Å². The zero-order valence-corrected chi connectivity index (χ0v) is 13.9. The van der Waals surface area contributed by atoms with Gasteiger partial charge in [-0.15, -0.1) is 0 Å². The topological polar surface area (TPSA) is 27.0 Å². The molecule has 20 heavy (non-hydrogen) atoms. The molecule has 2 heteroatoms. The molecule has 0 spiro atoms. The van der Waals surface area contributed by atoms with E-state index < -0.39 is 0 Å². The van der Waals surface area contributed by atoms with Crippen LogP contribution < -0.4 is 0 Å². The van der Waals surface area contributed by atoms with Gasteiger partial charge in [0.1, 0.15) is 0 Å². The second kappa shape index (κ2) is 6.90. The molecule has 0 atom stereocenters. The van der Waals surface area contributed by atoms with Crippen molar-refractivity contribution in [2.45, 2.75) is 54.5 Å². The summed E-state index contributed by atoms with van der Waals surface area (Å²) in [6.07, 6.45) is 0.597. The fourth-order valence-corrected chi connectivity index (χ4v) is 2.78. The second-order valence-electron chi connectivity index (χ2n) is 7.06. The molecule has 0 heterocycles. The molecular weight excluding hydrogens is 244 g/mol. The lowest BCUT2D eigenvalue weighted by Crippen LogP contribution is -2.33. The Morgan fingerprint density at radius 2 is 1.65 bits per heavy atom. The van der Waals surface area contributed by atoms with Crippen LogP contribution in [0.1, 0.15) is 49.4 Å². The van der Waals surface area contributed by atoms with Crippen molar-refractivity contribution in [1.82, 2.24) is 4.90 Å². The van der Waals surface area contributed by atoms with Gasteiger partial charge in [-0.3, -0.25) is 4.90 Å². The minimum atomic E-state index is 0.252. The van der Waals surface area contributed by atoms with E-state index in [4.69, 9.17) is 5.26 Å². The fourth-order valence-electron chi connectivity index (χ4n) is 2.78. The third kappa shape index (κ3) is 5.35. The summed E-state index contributed by atoms with van der Waals surface area (Å²) in [6.45, 7) is 16.1. The molecule has 0 aliphatic heterocycles. The average Bonchev–Trinajstić information content (AvgIpc) is 2.28. The lowest BCUT2D eigenvalue weighted by Gasteiger charge is -2.30. The molecule has 1 aromatic carbocycles. The SMILES string of the molecule is Cc1cc(C)c(CN(CCC#N)CC(C)(C)C)c(C)c1. The normalized spacial score (nSPS) is 11.7. The molecule has 2 nitrogen and oxygen atoms in total. The molecule has 0 N–H and O–H groups in total. The third-order valence-electron chi connectivity index (χ3n) is 3.46. The summed E-state index contributed by atoms with van der Waals surface area (Å²) in [5.41, 5.74) is 5.71. The van der Waals surface area contributed by atoms with Crippen LogP contribution in [0.25, 0.3) is 0 Å². The Balaban J connectivity index is 2.92. The summed E-state index contributed by atoms with van der Waals surface area (Å²) in [5.74, 6) is 0. The van der Waals surface area contributed by atoms with Crippen LogP contribution in [-0.4, -0.2) is 18.0 Å². The molecule has 0 aliphatic carbocycles. The number of hydrogen-bond donors (Lipinski definition) is 0. The van der Waals surface area contributed by atoms with Crippen LogP contribution in [-0.2, 0) is 6.54 Å². The Hall–Kier alpha value is -1.33. The van der Waals surface area contributed by atoms with E-state index in [2.05, 4.69) is 64.6 Å². The van der Waals surface area contributed by atoms with Crippen molar-refractivity contribution in [1.29, 1.82) is 5.26 Å². The standard InChI is InChI=1S/C18H28N2/c1-14-10-15(2)17(16(3)11-14)12-20(9-7-8-19)13-18(4,5)6/h10-11H,7,9,12-13H2,1-6H3. The first-order valence-corrected chi connectivity index (χ1v) is 7.39. The van der Waals surface area contributed by atoms with Crippen molar-refractivity contribution >= 4 is 0 Å². The van der Waals surface area contributed by atoms with Crippen LogP contribution in [0.15, 0.2) is 12.1 Å². The predicted octanol–water partition coefficient (Wildman–Crippen LogP) is 4.37. The highest BCUT2D eigenvalue weighted by molar-refractivity contribution is 5.37. The van der Waals surface area contributed by atoms with Gasteiger partial charge in [0.05, 0.1) is 6.07 Å². The van der Waals surface area contributed by atoms with Gasteiger partial charge < -0.3 is 0 Å². The molecule has 0 amide bonds. The number of hydrogen-bond acceptors (Lipinski definition) is 2. The molecule has 0 saturated heterocycles. The zero-order chi connectivity index (χ0) is 15.3. The van der Waals surface area contributed by atoms with Crippen LogP contribution >= 0.6 is 0 Å². The van der Waals surface area contributed by atoms with Crippen molar-refractivity contribution in [3.63, 3.8) is 0 Å². The molecule has 0 bridgehead atoms. The second-order valence-corrected chi connectivity index (χ2v) is 7.06. The average molecular weight is 272 g/mol. The van der Waals surface area contributed by atoms with E-state index in [0.29, 0.717) is 6.42 Å². The van der Waals surface area contributed by atoms with Crippen molar-refractivity contribution in [2.75, 3.05) is 13.1 Å². The van der Waals surface area contributed by atoms with Crippen LogP contribution in [0.5, 0.6) is 0 Å². The molecule has 110 valence electrons. The van der Waals surface area contributed by atoms with E-state index in [1.807, 2.05) is 0 Å². The zero-order valence-electron chi connectivity index (χ0n) is 13.9. The van der Waals surface area contributed by atoms with Crippen LogP contribution in [0.4, 0.5) is 0 Å². The number of aryl methyl sites for hydroxylation is 3. The number of nitrogens with zero attached hydrogens (tertiary/aromatic N) is 2. The van der Waals surface area contributed by atoms with E-state index in [9.17, 15) is 0 Å². The van der Waals surface area contributed by atoms with E-state index in [1.165, 1.54) is 22.3 Å². The first-order valence-electron chi connectivity index (χ1n) is 7.39. The summed E-state index contributed by atoms with van der Waals surface area (Å²) >= 11 is 0. The highest BCUT2D eigenvalue weighted by atomic mass is 15.1. The molecule has 0 aromatic heterocycles. The minimum absolute atomic E-state index is 0.252. The Bertz CT molecular complexity index is 466. The largest absolute Gasteiger partial charge is 0.298 e. The lowest BCUT2D eigenvalue weighted by atomic mass is 9.94. The molecule has 0 saturated carbocycles. The Kier molecular flexibility index (Phi) is 5.77. The molecular formula is C18H28N2. The van der Waals surface area contributed by atoms with Gasteiger partial charge in [-0.1, -0.05) is 38.5 Å². The van der Waals surface area contributed by atoms with Gasteiger partial charge in [-0.25, -0.2) is 0 Å². The van der Waals surface area contributed by atoms with Crippen molar-refractivity contribution < 1.29 is 0 Å². The molecule has 0 fully saturated rings. The Morgan fingerprint density at radius 3 is 2.10 bits per heavy atom. The molecule has 1 aromatic rings. The summed E-state index contributed by atoms with van der Waals surface area (Å²) < 4.78 is 0. The van der Waals surface area contributed by atoms with Crippen LogP contribution in [0, 0.1) is 37.5 Å². The number of nitriles is 1. The first kappa shape index (κ1) is 16.7. The third-order valence-corrected chi connectivity index (χ3v) is 3.46. The summed E-state index contributed by atoms with van der Waals surface area (Å²) in [6, 6.07) is 6.77. The summed E-state index contributed by atoms with van der Waals surface area (Å²) in [4.78, 5) is 2.41. The van der Waals surface area contributed by atoms with Crippen LogP contribution in [0.2, 0.25) is 0 Å². The molecule has 1 rings (SSSR count). The minimum Gasteiger partial charge on any atom is -0.298 e. The van der Waals surface area contributed by atoms with Crippen molar-refractivity contribution in [3.8, 4) is 6.07 Å². The quantitative estimate of drug-likeness (QED) is 0.795. The highest BCUT2D eigenvalue weighted by Crippen LogP contribution is 2.22. The number of benzene rings is 1. The monoisotopic (exact) mass is 272 g/mol. The maximum atomic E-state index is 8.85. The lowest BCUT2D eigenvalue weighted by molar-refractivity contribution is 0.187. The van der Waals surface area contributed by atoms with E-state index in [1.54, 1.807) is 0 Å². The summed E-state index contributed by atoms with van der Waals surface area (Å²) in [5, 5.41) is 8.85. The van der Waals surface area contributed by atoms with Gasteiger partial charge in [0.15, 0.2) is 0 Å². The molecule has 0 radical (unpaired) electrons. The maximum Gasteiger partial charge on any atom is 0.0635 e. The maximum absolute atomic E-state index is 8.85.